The molecular formula is C16H32N2O3. The molecule has 0 amide bonds. The number of esters is 1. The molecule has 1 fully saturated rings. The number of carbonyl (C=O) groups excluding carboxylic acids is 1. The second kappa shape index (κ2) is 8.71. The van der Waals surface area contributed by atoms with Gasteiger partial charge in [0.05, 0.1) is 18.8 Å². The molecule has 0 radical (unpaired) electrons. The van der Waals surface area contributed by atoms with Gasteiger partial charge >= 0.3 is 5.97 Å². The van der Waals surface area contributed by atoms with Crippen molar-refractivity contribution in [2.24, 2.45) is 0 Å². The SMILES string of the molecule is CCOC(=O)C(C)(CCCCN1C[C@@H](C)O[C@@H](C)C1)NC. The van der Waals surface area contributed by atoms with Crippen LogP contribution in [-0.2, 0) is 14.3 Å². The van der Waals surface area contributed by atoms with Crippen LogP contribution in [0.1, 0.15) is 47.0 Å². The van der Waals surface area contributed by atoms with Crippen molar-refractivity contribution < 1.29 is 14.3 Å². The van der Waals surface area contributed by atoms with E-state index in [1.165, 1.54) is 0 Å². The smallest absolute Gasteiger partial charge is 0.326 e. The Kier molecular flexibility index (Phi) is 7.63. The van der Waals surface area contributed by atoms with E-state index in [9.17, 15) is 4.79 Å². The number of nitrogens with zero attached hydrogens (tertiary/aromatic N) is 1. The Bertz CT molecular complexity index is 315. The summed E-state index contributed by atoms with van der Waals surface area (Å²) in [4.78, 5) is 14.4. The third-order valence-corrected chi connectivity index (χ3v) is 4.17. The molecule has 1 heterocycles. The molecule has 0 aliphatic carbocycles. The van der Waals surface area contributed by atoms with Crippen LogP contribution in [0.25, 0.3) is 0 Å². The molecule has 5 heteroatoms. The third kappa shape index (κ3) is 5.93. The summed E-state index contributed by atoms with van der Waals surface area (Å²) in [5.41, 5.74) is -0.568. The van der Waals surface area contributed by atoms with Crippen molar-refractivity contribution in [2.45, 2.75) is 64.7 Å². The van der Waals surface area contributed by atoms with Gasteiger partial charge in [0.15, 0.2) is 0 Å². The molecule has 21 heavy (non-hydrogen) atoms. The highest BCUT2D eigenvalue weighted by atomic mass is 16.5. The lowest BCUT2D eigenvalue weighted by Crippen LogP contribution is -2.49. The molecule has 3 atom stereocenters. The van der Waals surface area contributed by atoms with E-state index in [1.54, 1.807) is 0 Å². The Balaban J connectivity index is 2.30. The summed E-state index contributed by atoms with van der Waals surface area (Å²) < 4.78 is 10.9. The molecule has 0 aromatic rings. The van der Waals surface area contributed by atoms with Crippen molar-refractivity contribution in [3.8, 4) is 0 Å². The summed E-state index contributed by atoms with van der Waals surface area (Å²) in [6.45, 7) is 11.5. The van der Waals surface area contributed by atoms with Gasteiger partial charge in [0, 0.05) is 13.1 Å². The van der Waals surface area contributed by atoms with Crippen molar-refractivity contribution in [1.29, 1.82) is 0 Å². The van der Waals surface area contributed by atoms with Gasteiger partial charge in [-0.3, -0.25) is 9.69 Å². The maximum Gasteiger partial charge on any atom is 0.326 e. The van der Waals surface area contributed by atoms with E-state index < -0.39 is 5.54 Å². The summed E-state index contributed by atoms with van der Waals surface area (Å²) in [5.74, 6) is -0.152. The summed E-state index contributed by atoms with van der Waals surface area (Å²) in [6.07, 6.45) is 3.54. The Hall–Kier alpha value is -0.650. The fourth-order valence-electron chi connectivity index (χ4n) is 2.90. The molecule has 0 aromatic heterocycles. The largest absolute Gasteiger partial charge is 0.465 e. The van der Waals surface area contributed by atoms with Gasteiger partial charge in [0.1, 0.15) is 5.54 Å². The predicted molar refractivity (Wildman–Crippen MR) is 84.4 cm³/mol. The molecule has 1 unspecified atom stereocenters. The Morgan fingerprint density at radius 3 is 2.48 bits per heavy atom. The Morgan fingerprint density at radius 1 is 1.33 bits per heavy atom. The van der Waals surface area contributed by atoms with Crippen LogP contribution < -0.4 is 5.32 Å². The molecule has 0 bridgehead atoms. The molecule has 124 valence electrons. The standard InChI is InChI=1S/C16H32N2O3/c1-6-20-15(19)16(4,17-5)9-7-8-10-18-11-13(2)21-14(3)12-18/h13-14,17H,6-12H2,1-5H3/t13-,14+,16?. The highest BCUT2D eigenvalue weighted by molar-refractivity contribution is 5.80. The van der Waals surface area contributed by atoms with E-state index >= 15 is 0 Å². The molecule has 1 N–H and O–H groups in total. The van der Waals surface area contributed by atoms with Crippen molar-refractivity contribution in [2.75, 3.05) is 33.3 Å². The van der Waals surface area contributed by atoms with Gasteiger partial charge in [0.25, 0.3) is 0 Å². The molecule has 1 aliphatic rings. The summed E-state index contributed by atoms with van der Waals surface area (Å²) in [6, 6.07) is 0. The minimum atomic E-state index is -0.568. The van der Waals surface area contributed by atoms with Gasteiger partial charge in [-0.15, -0.1) is 0 Å². The highest BCUT2D eigenvalue weighted by Crippen LogP contribution is 2.17. The van der Waals surface area contributed by atoms with Crippen LogP contribution in [0, 0.1) is 0 Å². The number of ether oxygens (including phenoxy) is 2. The van der Waals surface area contributed by atoms with Gasteiger partial charge in [-0.25, -0.2) is 0 Å². The zero-order valence-corrected chi connectivity index (χ0v) is 14.3. The fourth-order valence-corrected chi connectivity index (χ4v) is 2.90. The summed E-state index contributed by atoms with van der Waals surface area (Å²) in [7, 11) is 1.82. The molecule has 1 saturated heterocycles. The van der Waals surface area contributed by atoms with Gasteiger partial charge in [-0.1, -0.05) is 0 Å². The van der Waals surface area contributed by atoms with E-state index in [-0.39, 0.29) is 5.97 Å². The van der Waals surface area contributed by atoms with Crippen LogP contribution in [0.4, 0.5) is 0 Å². The number of likely N-dealkylation sites (N-methyl/N-ethyl adjacent to an activating group) is 1. The zero-order chi connectivity index (χ0) is 15.9. The van der Waals surface area contributed by atoms with Crippen molar-refractivity contribution in [3.05, 3.63) is 0 Å². The molecule has 1 aliphatic heterocycles. The van der Waals surface area contributed by atoms with Crippen molar-refractivity contribution in [1.82, 2.24) is 10.2 Å². The van der Waals surface area contributed by atoms with Gasteiger partial charge in [0.2, 0.25) is 0 Å². The Labute approximate surface area is 129 Å². The molecule has 0 saturated carbocycles. The average molecular weight is 300 g/mol. The second-order valence-electron chi connectivity index (χ2n) is 6.28. The van der Waals surface area contributed by atoms with Crippen LogP contribution in [0.15, 0.2) is 0 Å². The summed E-state index contributed by atoms with van der Waals surface area (Å²) >= 11 is 0. The first kappa shape index (κ1) is 18.4. The monoisotopic (exact) mass is 300 g/mol. The van der Waals surface area contributed by atoms with E-state index in [0.717, 1.165) is 38.9 Å². The van der Waals surface area contributed by atoms with E-state index in [4.69, 9.17) is 9.47 Å². The van der Waals surface area contributed by atoms with Crippen LogP contribution in [-0.4, -0.2) is 61.9 Å². The number of rotatable bonds is 8. The number of nitrogens with one attached hydrogen (secondary N) is 1. The lowest BCUT2D eigenvalue weighted by molar-refractivity contribution is -0.150. The first-order valence-electron chi connectivity index (χ1n) is 8.15. The van der Waals surface area contributed by atoms with Crippen molar-refractivity contribution in [3.63, 3.8) is 0 Å². The molecule has 5 nitrogen and oxygen atoms in total. The molecule has 1 rings (SSSR count). The predicted octanol–water partition coefficient (Wildman–Crippen LogP) is 1.81. The number of unbranched alkanes of at least 4 members (excludes halogenated alkanes) is 1. The van der Waals surface area contributed by atoms with Crippen LogP contribution >= 0.6 is 0 Å². The second-order valence-corrected chi connectivity index (χ2v) is 6.28. The van der Waals surface area contributed by atoms with Gasteiger partial charge < -0.3 is 14.8 Å². The van der Waals surface area contributed by atoms with Crippen molar-refractivity contribution >= 4 is 5.97 Å². The number of morpholine rings is 1. The highest BCUT2D eigenvalue weighted by Gasteiger charge is 2.32. The molecule has 0 spiro atoms. The minimum Gasteiger partial charge on any atom is -0.465 e. The van der Waals surface area contributed by atoms with Gasteiger partial charge in [-0.2, -0.15) is 0 Å². The maximum atomic E-state index is 12.0. The first-order valence-corrected chi connectivity index (χ1v) is 8.15. The van der Waals surface area contributed by atoms with E-state index in [2.05, 4.69) is 24.1 Å². The normalized spacial score (nSPS) is 26.3. The molecular weight excluding hydrogens is 268 g/mol. The number of carbonyl (C=O) groups is 1. The third-order valence-electron chi connectivity index (χ3n) is 4.17. The zero-order valence-electron chi connectivity index (χ0n) is 14.3. The van der Waals surface area contributed by atoms with Crippen LogP contribution in [0.2, 0.25) is 0 Å². The van der Waals surface area contributed by atoms with E-state index in [1.807, 2.05) is 20.9 Å². The quantitative estimate of drug-likeness (QED) is 0.547. The van der Waals surface area contributed by atoms with Gasteiger partial charge in [-0.05, 0) is 60.5 Å². The number of hydrogen-bond donors (Lipinski definition) is 1. The lowest BCUT2D eigenvalue weighted by Gasteiger charge is -2.35. The number of hydrogen-bond acceptors (Lipinski definition) is 5. The average Bonchev–Trinajstić information content (AvgIpc) is 2.42. The maximum absolute atomic E-state index is 12.0. The Morgan fingerprint density at radius 2 is 1.95 bits per heavy atom. The molecule has 0 aromatic carbocycles. The lowest BCUT2D eigenvalue weighted by atomic mass is 9.95. The van der Waals surface area contributed by atoms with Crippen LogP contribution in [0.3, 0.4) is 0 Å². The van der Waals surface area contributed by atoms with Crippen LogP contribution in [0.5, 0.6) is 0 Å². The first-order chi connectivity index (χ1) is 9.91. The topological polar surface area (TPSA) is 50.8 Å². The minimum absolute atomic E-state index is 0.152. The summed E-state index contributed by atoms with van der Waals surface area (Å²) in [5, 5.41) is 3.11. The fraction of sp³-hybridized carbons (Fsp3) is 0.938. The van der Waals surface area contributed by atoms with E-state index in [0.29, 0.717) is 18.8 Å².